The lowest BCUT2D eigenvalue weighted by Crippen LogP contribution is -2.52. The molecule has 0 aromatic rings. The number of hydrogen-bond acceptors (Lipinski definition) is 4. The molecule has 4 fully saturated rings. The summed E-state index contributed by atoms with van der Waals surface area (Å²) in [5.74, 6) is 0.707. The first-order chi connectivity index (χ1) is 12.1. The number of carbonyl (C=O) groups excluding carboxylic acids is 1. The molecule has 25 heavy (non-hydrogen) atoms. The Balaban J connectivity index is 1.32. The number of piperidine rings is 2. The maximum absolute atomic E-state index is 11.5. The van der Waals surface area contributed by atoms with Gasteiger partial charge in [0.05, 0.1) is 0 Å². The van der Waals surface area contributed by atoms with Crippen LogP contribution in [0.2, 0.25) is 0 Å². The van der Waals surface area contributed by atoms with Crippen molar-refractivity contribution in [2.75, 3.05) is 45.9 Å². The van der Waals surface area contributed by atoms with Gasteiger partial charge in [0, 0.05) is 57.7 Å². The fourth-order valence-electron chi connectivity index (χ4n) is 5.80. The van der Waals surface area contributed by atoms with Crippen LogP contribution in [0.15, 0.2) is 0 Å². The van der Waals surface area contributed by atoms with E-state index in [1.165, 1.54) is 51.7 Å². The van der Waals surface area contributed by atoms with Crippen molar-refractivity contribution in [2.45, 2.75) is 64.0 Å². The number of rotatable bonds is 3. The number of amides is 1. The molecular weight excluding hydrogens is 314 g/mol. The molecule has 5 nitrogen and oxygen atoms in total. The summed E-state index contributed by atoms with van der Waals surface area (Å²) in [6.07, 6.45) is 8.88. The van der Waals surface area contributed by atoms with Crippen LogP contribution in [-0.4, -0.2) is 83.7 Å². The molecule has 1 unspecified atom stereocenters. The van der Waals surface area contributed by atoms with Gasteiger partial charge in [0.1, 0.15) is 0 Å². The van der Waals surface area contributed by atoms with Gasteiger partial charge in [-0.15, -0.1) is 0 Å². The Hall–Kier alpha value is -0.650. The van der Waals surface area contributed by atoms with E-state index in [1.54, 1.807) is 6.92 Å². The van der Waals surface area contributed by atoms with Crippen LogP contribution in [0.25, 0.3) is 0 Å². The summed E-state index contributed by atoms with van der Waals surface area (Å²) in [7, 11) is 0. The van der Waals surface area contributed by atoms with Crippen molar-refractivity contribution in [1.82, 2.24) is 14.7 Å². The third kappa shape index (κ3) is 3.35. The minimum absolute atomic E-state index is 0.226. The van der Waals surface area contributed by atoms with Crippen LogP contribution in [0.5, 0.6) is 0 Å². The standard InChI is InChI=1S/C20H35N3O2/c1-16(25)21-9-5-19(6-10-21)22-11-7-20(8-12-22)15-23(13-17(20)14-24)18-3-2-4-18/h17-19,24H,2-15H2,1H3. The van der Waals surface area contributed by atoms with Crippen molar-refractivity contribution < 1.29 is 9.90 Å². The highest BCUT2D eigenvalue weighted by molar-refractivity contribution is 5.73. The minimum Gasteiger partial charge on any atom is -0.396 e. The first kappa shape index (κ1) is 17.7. The smallest absolute Gasteiger partial charge is 0.219 e. The van der Waals surface area contributed by atoms with Crippen molar-refractivity contribution in [1.29, 1.82) is 0 Å². The summed E-state index contributed by atoms with van der Waals surface area (Å²) in [5.41, 5.74) is 0.362. The summed E-state index contributed by atoms with van der Waals surface area (Å²) < 4.78 is 0. The first-order valence-corrected chi connectivity index (χ1v) is 10.5. The van der Waals surface area contributed by atoms with Crippen molar-refractivity contribution in [3.63, 3.8) is 0 Å². The predicted octanol–water partition coefficient (Wildman–Crippen LogP) is 1.56. The summed E-state index contributed by atoms with van der Waals surface area (Å²) in [6.45, 7) is 8.61. The maximum Gasteiger partial charge on any atom is 0.219 e. The lowest BCUT2D eigenvalue weighted by Gasteiger charge is -2.47. The first-order valence-electron chi connectivity index (χ1n) is 10.5. The number of aliphatic hydroxyl groups is 1. The molecule has 1 atom stereocenters. The number of aliphatic hydroxyl groups excluding tert-OH is 1. The topological polar surface area (TPSA) is 47.0 Å². The Labute approximate surface area is 152 Å². The average Bonchev–Trinajstić information content (AvgIpc) is 2.91. The molecule has 3 heterocycles. The highest BCUT2D eigenvalue weighted by atomic mass is 16.3. The molecule has 1 saturated carbocycles. The number of hydrogen-bond donors (Lipinski definition) is 1. The molecule has 3 saturated heterocycles. The van der Waals surface area contributed by atoms with E-state index >= 15 is 0 Å². The van der Waals surface area contributed by atoms with Crippen molar-refractivity contribution in [2.24, 2.45) is 11.3 Å². The van der Waals surface area contributed by atoms with Gasteiger partial charge in [-0.05, 0) is 57.0 Å². The van der Waals surface area contributed by atoms with E-state index in [9.17, 15) is 9.90 Å². The summed E-state index contributed by atoms with van der Waals surface area (Å²) in [6, 6.07) is 1.46. The molecule has 0 aromatic heterocycles. The highest BCUT2D eigenvalue weighted by Gasteiger charge is 2.50. The quantitative estimate of drug-likeness (QED) is 0.840. The fourth-order valence-corrected chi connectivity index (χ4v) is 5.80. The Morgan fingerprint density at radius 1 is 1.00 bits per heavy atom. The largest absolute Gasteiger partial charge is 0.396 e. The van der Waals surface area contributed by atoms with Gasteiger partial charge in [-0.3, -0.25) is 9.69 Å². The summed E-state index contributed by atoms with van der Waals surface area (Å²) >= 11 is 0. The van der Waals surface area contributed by atoms with Gasteiger partial charge < -0.3 is 14.9 Å². The van der Waals surface area contributed by atoms with Gasteiger partial charge in [0.15, 0.2) is 0 Å². The van der Waals surface area contributed by atoms with Crippen molar-refractivity contribution >= 4 is 5.91 Å². The molecule has 5 heteroatoms. The molecule has 1 spiro atoms. The second-order valence-electron chi connectivity index (χ2n) is 9.03. The zero-order valence-electron chi connectivity index (χ0n) is 15.8. The molecule has 3 aliphatic heterocycles. The van der Waals surface area contributed by atoms with E-state index in [0.717, 1.165) is 38.5 Å². The number of likely N-dealkylation sites (tertiary alicyclic amines) is 3. The van der Waals surface area contributed by atoms with Gasteiger partial charge in [-0.25, -0.2) is 0 Å². The Morgan fingerprint density at radius 2 is 1.64 bits per heavy atom. The number of nitrogens with zero attached hydrogens (tertiary/aromatic N) is 3. The van der Waals surface area contributed by atoms with Crippen LogP contribution in [0.4, 0.5) is 0 Å². The predicted molar refractivity (Wildman–Crippen MR) is 98.3 cm³/mol. The van der Waals surface area contributed by atoms with Gasteiger partial charge in [0.2, 0.25) is 5.91 Å². The van der Waals surface area contributed by atoms with Gasteiger partial charge in [-0.2, -0.15) is 0 Å². The monoisotopic (exact) mass is 349 g/mol. The molecule has 0 bridgehead atoms. The van der Waals surface area contributed by atoms with Crippen molar-refractivity contribution in [3.05, 3.63) is 0 Å². The third-order valence-corrected chi connectivity index (χ3v) is 7.87. The van der Waals surface area contributed by atoms with Crippen LogP contribution in [-0.2, 0) is 4.79 Å². The van der Waals surface area contributed by atoms with E-state index in [4.69, 9.17) is 0 Å². The average molecular weight is 350 g/mol. The van der Waals surface area contributed by atoms with E-state index in [1.807, 2.05) is 4.90 Å². The Bertz CT molecular complexity index is 477. The van der Waals surface area contributed by atoms with Crippen LogP contribution >= 0.6 is 0 Å². The van der Waals surface area contributed by atoms with Crippen LogP contribution in [0.3, 0.4) is 0 Å². The van der Waals surface area contributed by atoms with Crippen LogP contribution < -0.4 is 0 Å². The van der Waals surface area contributed by atoms with Crippen LogP contribution in [0, 0.1) is 11.3 Å². The SMILES string of the molecule is CC(=O)N1CCC(N2CCC3(CC2)CN(C2CCC2)CC3CO)CC1. The normalized spacial score (nSPS) is 32.2. The Morgan fingerprint density at radius 3 is 2.16 bits per heavy atom. The van der Waals surface area contributed by atoms with E-state index in [-0.39, 0.29) is 5.91 Å². The minimum atomic E-state index is 0.226. The molecule has 1 N–H and O–H groups in total. The van der Waals surface area contributed by atoms with E-state index in [2.05, 4.69) is 9.80 Å². The number of carbonyl (C=O) groups is 1. The second-order valence-corrected chi connectivity index (χ2v) is 9.03. The third-order valence-electron chi connectivity index (χ3n) is 7.87. The summed E-state index contributed by atoms with van der Waals surface area (Å²) in [5, 5.41) is 9.99. The molecule has 4 aliphatic rings. The molecule has 0 aromatic carbocycles. The van der Waals surface area contributed by atoms with E-state index in [0.29, 0.717) is 24.0 Å². The lowest BCUT2D eigenvalue weighted by atomic mass is 9.70. The zero-order valence-corrected chi connectivity index (χ0v) is 15.8. The highest BCUT2D eigenvalue weighted by Crippen LogP contribution is 2.47. The van der Waals surface area contributed by atoms with Gasteiger partial charge in [0.25, 0.3) is 0 Å². The molecular formula is C20H35N3O2. The van der Waals surface area contributed by atoms with Crippen molar-refractivity contribution in [3.8, 4) is 0 Å². The zero-order chi connectivity index (χ0) is 17.4. The maximum atomic E-state index is 11.5. The molecule has 1 amide bonds. The molecule has 0 radical (unpaired) electrons. The van der Waals surface area contributed by atoms with Gasteiger partial charge in [-0.1, -0.05) is 6.42 Å². The summed E-state index contributed by atoms with van der Waals surface area (Å²) in [4.78, 5) is 18.9. The van der Waals surface area contributed by atoms with Crippen LogP contribution in [0.1, 0.15) is 51.9 Å². The molecule has 142 valence electrons. The van der Waals surface area contributed by atoms with Gasteiger partial charge >= 0.3 is 0 Å². The second kappa shape index (κ2) is 7.16. The Kier molecular flexibility index (Phi) is 5.09. The lowest BCUT2D eigenvalue weighted by molar-refractivity contribution is -0.130. The molecule has 1 aliphatic carbocycles. The molecule has 4 rings (SSSR count). The fraction of sp³-hybridized carbons (Fsp3) is 0.950. The van der Waals surface area contributed by atoms with E-state index < -0.39 is 0 Å².